The first-order valence-corrected chi connectivity index (χ1v) is 5.68. The van der Waals surface area contributed by atoms with Crippen LogP contribution in [0.25, 0.3) is 0 Å². The molecule has 0 saturated heterocycles. The molecule has 16 heavy (non-hydrogen) atoms. The van der Waals surface area contributed by atoms with Crippen molar-refractivity contribution in [2.24, 2.45) is 4.40 Å². The van der Waals surface area contributed by atoms with Gasteiger partial charge in [0.1, 0.15) is 33.8 Å². The largest absolute Gasteiger partial charge is 0.591 e. The third-order valence-electron chi connectivity index (χ3n) is 1.63. The van der Waals surface area contributed by atoms with Gasteiger partial charge in [-0.25, -0.2) is 13.8 Å². The molecule has 0 aromatic carbocycles. The van der Waals surface area contributed by atoms with Gasteiger partial charge >= 0.3 is 0 Å². The normalized spacial score (nSPS) is 14.4. The molecular formula is C10H12F2N2OS. The lowest BCUT2D eigenvalue weighted by molar-refractivity contribution is 0.561. The van der Waals surface area contributed by atoms with Gasteiger partial charge in [0.2, 0.25) is 0 Å². The van der Waals surface area contributed by atoms with Crippen LogP contribution in [0.2, 0.25) is 0 Å². The minimum Gasteiger partial charge on any atom is -0.591 e. The van der Waals surface area contributed by atoms with Crippen LogP contribution in [0.4, 0.5) is 8.78 Å². The van der Waals surface area contributed by atoms with Crippen LogP contribution in [0, 0.1) is 11.6 Å². The molecule has 1 heterocycles. The van der Waals surface area contributed by atoms with Crippen molar-refractivity contribution < 1.29 is 13.3 Å². The van der Waals surface area contributed by atoms with E-state index in [-0.39, 0.29) is 5.69 Å². The van der Waals surface area contributed by atoms with E-state index < -0.39 is 27.7 Å². The smallest absolute Gasteiger partial charge is 0.153 e. The maximum Gasteiger partial charge on any atom is 0.153 e. The molecule has 0 spiro atoms. The van der Waals surface area contributed by atoms with E-state index >= 15 is 0 Å². The molecule has 0 amide bonds. The maximum absolute atomic E-state index is 13.1. The average Bonchev–Trinajstić information content (AvgIpc) is 2.14. The number of nitrogens with zero attached hydrogens (tertiary/aromatic N) is 2. The number of pyridine rings is 1. The van der Waals surface area contributed by atoms with Gasteiger partial charge in [0.25, 0.3) is 0 Å². The second kappa shape index (κ2) is 4.88. The van der Waals surface area contributed by atoms with E-state index in [1.807, 2.05) is 0 Å². The molecule has 1 aromatic rings. The number of aromatic nitrogens is 1. The van der Waals surface area contributed by atoms with E-state index in [2.05, 4.69) is 9.38 Å². The molecule has 0 aliphatic carbocycles. The minimum atomic E-state index is -1.48. The number of rotatable bonds is 2. The molecule has 3 nitrogen and oxygen atoms in total. The SMILES string of the molecule is CC(C)(C)[S+]([O-])N=Cc1ncc(F)cc1F. The lowest BCUT2D eigenvalue weighted by Crippen LogP contribution is -2.25. The summed E-state index contributed by atoms with van der Waals surface area (Å²) in [5, 5.41) is 0. The van der Waals surface area contributed by atoms with E-state index in [9.17, 15) is 13.3 Å². The number of hydrogen-bond donors (Lipinski definition) is 0. The van der Waals surface area contributed by atoms with Crippen LogP contribution in [0.1, 0.15) is 26.5 Å². The summed E-state index contributed by atoms with van der Waals surface area (Å²) < 4.78 is 40.3. The molecular weight excluding hydrogens is 234 g/mol. The highest BCUT2D eigenvalue weighted by Crippen LogP contribution is 2.16. The Balaban J connectivity index is 2.85. The second-order valence-electron chi connectivity index (χ2n) is 4.12. The van der Waals surface area contributed by atoms with Crippen molar-refractivity contribution in [2.45, 2.75) is 25.5 Å². The van der Waals surface area contributed by atoms with E-state index in [0.29, 0.717) is 6.07 Å². The van der Waals surface area contributed by atoms with Crippen LogP contribution in [-0.4, -0.2) is 20.5 Å². The van der Waals surface area contributed by atoms with Gasteiger partial charge in [-0.05, 0) is 20.8 Å². The van der Waals surface area contributed by atoms with Gasteiger partial charge in [-0.15, -0.1) is 0 Å². The molecule has 0 aliphatic rings. The van der Waals surface area contributed by atoms with Gasteiger partial charge < -0.3 is 4.55 Å². The fourth-order valence-corrected chi connectivity index (χ4v) is 1.29. The van der Waals surface area contributed by atoms with E-state index in [4.69, 9.17) is 0 Å². The third kappa shape index (κ3) is 3.53. The Kier molecular flexibility index (Phi) is 3.98. The van der Waals surface area contributed by atoms with Crippen molar-refractivity contribution in [2.75, 3.05) is 0 Å². The molecule has 0 fully saturated rings. The van der Waals surface area contributed by atoms with Crippen LogP contribution >= 0.6 is 0 Å². The molecule has 1 aromatic heterocycles. The van der Waals surface area contributed by atoms with E-state index in [1.165, 1.54) is 0 Å². The van der Waals surface area contributed by atoms with Crippen LogP contribution in [0.3, 0.4) is 0 Å². The second-order valence-corrected chi connectivity index (χ2v) is 6.05. The Morgan fingerprint density at radius 2 is 2.06 bits per heavy atom. The molecule has 0 bridgehead atoms. The molecule has 0 saturated carbocycles. The Labute approximate surface area is 95.9 Å². The van der Waals surface area contributed by atoms with Crippen molar-refractivity contribution in [3.63, 3.8) is 0 Å². The molecule has 0 radical (unpaired) electrons. The van der Waals surface area contributed by atoms with Gasteiger partial charge in [0, 0.05) is 6.07 Å². The summed E-state index contributed by atoms with van der Waals surface area (Å²) in [6.07, 6.45) is 1.93. The van der Waals surface area contributed by atoms with Crippen molar-refractivity contribution in [3.05, 3.63) is 29.6 Å². The zero-order chi connectivity index (χ0) is 12.3. The number of hydrogen-bond acceptors (Lipinski definition) is 3. The highest BCUT2D eigenvalue weighted by atomic mass is 32.2. The summed E-state index contributed by atoms with van der Waals surface area (Å²) in [6, 6.07) is 0.703. The molecule has 6 heteroatoms. The quantitative estimate of drug-likeness (QED) is 0.593. The molecule has 0 N–H and O–H groups in total. The molecule has 1 atom stereocenters. The fraction of sp³-hybridized carbons (Fsp3) is 0.400. The van der Waals surface area contributed by atoms with Gasteiger partial charge in [0.05, 0.1) is 6.20 Å². The van der Waals surface area contributed by atoms with Crippen LogP contribution in [0.5, 0.6) is 0 Å². The first kappa shape index (κ1) is 13.1. The monoisotopic (exact) mass is 246 g/mol. The summed E-state index contributed by atoms with van der Waals surface area (Å²) in [4.78, 5) is 3.50. The average molecular weight is 246 g/mol. The highest BCUT2D eigenvalue weighted by molar-refractivity contribution is 7.91. The zero-order valence-electron chi connectivity index (χ0n) is 9.20. The van der Waals surface area contributed by atoms with Crippen molar-refractivity contribution in [1.29, 1.82) is 0 Å². The topological polar surface area (TPSA) is 48.3 Å². The summed E-state index contributed by atoms with van der Waals surface area (Å²) in [7, 11) is 0. The minimum absolute atomic E-state index is 0.126. The summed E-state index contributed by atoms with van der Waals surface area (Å²) in [6.45, 7) is 5.23. The third-order valence-corrected chi connectivity index (χ3v) is 2.98. The Hall–Kier alpha value is -1.01. The van der Waals surface area contributed by atoms with Crippen molar-refractivity contribution >= 4 is 17.6 Å². The molecule has 1 rings (SSSR count). The summed E-state index contributed by atoms with van der Waals surface area (Å²) in [5.41, 5.74) is -0.126. The maximum atomic E-state index is 13.1. The first-order chi connectivity index (χ1) is 7.30. The van der Waals surface area contributed by atoms with Gasteiger partial charge in [0.15, 0.2) is 5.82 Å². The zero-order valence-corrected chi connectivity index (χ0v) is 10.0. The summed E-state index contributed by atoms with van der Waals surface area (Å²) >= 11 is -1.48. The lowest BCUT2D eigenvalue weighted by atomic mass is 10.3. The Morgan fingerprint density at radius 3 is 2.56 bits per heavy atom. The predicted molar refractivity (Wildman–Crippen MR) is 59.6 cm³/mol. The lowest BCUT2D eigenvalue weighted by Gasteiger charge is -2.17. The predicted octanol–water partition coefficient (Wildman–Crippen LogP) is 2.24. The fourth-order valence-electron chi connectivity index (χ4n) is 0.776. The molecule has 1 unspecified atom stereocenters. The van der Waals surface area contributed by atoms with Gasteiger partial charge in [-0.1, -0.05) is 4.40 Å². The summed E-state index contributed by atoms with van der Waals surface area (Å²) in [5.74, 6) is -1.58. The van der Waals surface area contributed by atoms with Gasteiger partial charge in [-0.2, -0.15) is 0 Å². The van der Waals surface area contributed by atoms with E-state index in [0.717, 1.165) is 12.4 Å². The van der Waals surface area contributed by atoms with E-state index in [1.54, 1.807) is 20.8 Å². The number of halogens is 2. The van der Waals surface area contributed by atoms with Crippen LogP contribution < -0.4 is 0 Å². The molecule has 0 aliphatic heterocycles. The van der Waals surface area contributed by atoms with Gasteiger partial charge in [-0.3, -0.25) is 0 Å². The van der Waals surface area contributed by atoms with Crippen LogP contribution in [-0.2, 0) is 11.4 Å². The standard InChI is InChI=1S/C10H12F2N2OS/c1-10(2,3)16(15)14-6-9-8(12)4-7(11)5-13-9/h4-6H,1-3H3. The van der Waals surface area contributed by atoms with Crippen molar-refractivity contribution in [3.8, 4) is 0 Å². The van der Waals surface area contributed by atoms with Crippen LogP contribution in [0.15, 0.2) is 16.7 Å². The Morgan fingerprint density at radius 1 is 1.44 bits per heavy atom. The highest BCUT2D eigenvalue weighted by Gasteiger charge is 2.26. The Bertz CT molecular complexity index is 404. The van der Waals surface area contributed by atoms with Crippen molar-refractivity contribution in [1.82, 2.24) is 4.98 Å². The molecule has 88 valence electrons. The first-order valence-electron chi connectivity index (χ1n) is 4.58.